The summed E-state index contributed by atoms with van der Waals surface area (Å²) in [5, 5.41) is 0.684. The van der Waals surface area contributed by atoms with Crippen molar-refractivity contribution in [2.75, 3.05) is 20.3 Å². The Morgan fingerprint density at radius 2 is 1.85 bits per heavy atom. The summed E-state index contributed by atoms with van der Waals surface area (Å²) in [6.45, 7) is 3.51. The van der Waals surface area contributed by atoms with Crippen LogP contribution in [0, 0.1) is 0 Å². The molecule has 1 atom stereocenters. The molecule has 0 N–H and O–H groups in total. The van der Waals surface area contributed by atoms with E-state index >= 15 is 0 Å². The molecule has 1 aliphatic carbocycles. The number of aromatic nitrogens is 3. The van der Waals surface area contributed by atoms with E-state index in [1.807, 2.05) is 25.1 Å². The average molecular weight is 467 g/mol. The van der Waals surface area contributed by atoms with E-state index in [1.54, 1.807) is 18.0 Å². The highest BCUT2D eigenvalue weighted by Gasteiger charge is 2.38. The van der Waals surface area contributed by atoms with Crippen molar-refractivity contribution < 1.29 is 18.3 Å². The molecule has 0 radical (unpaired) electrons. The van der Waals surface area contributed by atoms with Crippen LogP contribution in [0.3, 0.4) is 0 Å². The van der Waals surface area contributed by atoms with Gasteiger partial charge in [-0.1, -0.05) is 12.1 Å². The van der Waals surface area contributed by atoms with Crippen LogP contribution in [0.1, 0.15) is 79.7 Å². The fourth-order valence-corrected chi connectivity index (χ4v) is 5.55. The number of imidazole rings is 1. The van der Waals surface area contributed by atoms with Crippen molar-refractivity contribution in [2.24, 2.45) is 0 Å². The first-order valence-electron chi connectivity index (χ1n) is 12.1. The molecule has 6 rings (SSSR count). The second-order valence-electron chi connectivity index (χ2n) is 9.80. The number of pyridine rings is 1. The van der Waals surface area contributed by atoms with Gasteiger partial charge in [0, 0.05) is 48.6 Å². The van der Waals surface area contributed by atoms with Crippen LogP contribution < -0.4 is 0 Å². The van der Waals surface area contributed by atoms with E-state index in [4.69, 9.17) is 14.7 Å². The number of amides is 1. The molecule has 34 heavy (non-hydrogen) atoms. The van der Waals surface area contributed by atoms with Gasteiger partial charge < -0.3 is 14.2 Å². The molecule has 0 spiro atoms. The van der Waals surface area contributed by atoms with Crippen LogP contribution in [0.5, 0.6) is 0 Å². The monoisotopic (exact) mass is 466 g/mol. The van der Waals surface area contributed by atoms with Crippen molar-refractivity contribution in [1.82, 2.24) is 19.4 Å². The Morgan fingerprint density at radius 1 is 1.09 bits per heavy atom. The van der Waals surface area contributed by atoms with E-state index < -0.39 is 6.43 Å². The third kappa shape index (κ3) is 3.42. The van der Waals surface area contributed by atoms with Crippen molar-refractivity contribution in [2.45, 2.75) is 63.5 Å². The van der Waals surface area contributed by atoms with Gasteiger partial charge in [-0.15, -0.1) is 0 Å². The first kappa shape index (κ1) is 21.6. The Labute approximate surface area is 196 Å². The molecule has 2 fully saturated rings. The lowest BCUT2D eigenvalue weighted by Crippen LogP contribution is -2.39. The minimum Gasteiger partial charge on any atom is -0.381 e. The van der Waals surface area contributed by atoms with Crippen molar-refractivity contribution in [3.63, 3.8) is 0 Å². The van der Waals surface area contributed by atoms with Crippen LogP contribution in [0.4, 0.5) is 8.78 Å². The van der Waals surface area contributed by atoms with E-state index in [1.165, 1.54) is 0 Å². The molecule has 4 heterocycles. The maximum atomic E-state index is 14.2. The molecule has 3 aliphatic rings. The number of fused-ring (bicyclic) bond motifs is 2. The predicted octanol–water partition coefficient (Wildman–Crippen LogP) is 5.34. The first-order chi connectivity index (χ1) is 16.4. The minimum absolute atomic E-state index is 0.00278. The van der Waals surface area contributed by atoms with Gasteiger partial charge in [0.15, 0.2) is 0 Å². The number of hydrogen-bond acceptors (Lipinski definition) is 4. The van der Waals surface area contributed by atoms with E-state index in [0.29, 0.717) is 55.1 Å². The van der Waals surface area contributed by atoms with Gasteiger partial charge in [0.2, 0.25) is 5.91 Å². The van der Waals surface area contributed by atoms with Crippen LogP contribution in [0.15, 0.2) is 24.3 Å². The fraction of sp³-hybridized carbons (Fsp3) is 0.500. The number of rotatable bonds is 4. The third-order valence-corrected chi connectivity index (χ3v) is 7.51. The number of likely N-dealkylation sites (N-methyl/N-ethyl adjacent to an activating group) is 1. The Morgan fingerprint density at radius 3 is 2.56 bits per heavy atom. The Hall–Kier alpha value is -2.87. The van der Waals surface area contributed by atoms with Gasteiger partial charge in [0.25, 0.3) is 6.43 Å². The van der Waals surface area contributed by atoms with Gasteiger partial charge in [-0.3, -0.25) is 9.78 Å². The maximum Gasteiger partial charge on any atom is 0.265 e. The fourth-order valence-electron chi connectivity index (χ4n) is 5.55. The Kier molecular flexibility index (Phi) is 5.17. The van der Waals surface area contributed by atoms with Crippen molar-refractivity contribution in [1.29, 1.82) is 0 Å². The van der Waals surface area contributed by atoms with Crippen LogP contribution in [-0.4, -0.2) is 45.6 Å². The number of nitrogens with zero attached hydrogens (tertiary/aromatic N) is 4. The number of carbonyl (C=O) groups excluding carboxylic acids is 1. The van der Waals surface area contributed by atoms with E-state index in [0.717, 1.165) is 35.6 Å². The Bertz CT molecular complexity index is 1280. The van der Waals surface area contributed by atoms with Crippen molar-refractivity contribution in [3.05, 3.63) is 47.0 Å². The highest BCUT2D eigenvalue weighted by molar-refractivity contribution is 5.95. The standard InChI is InChI=1S/C26H28F2N4O2/c1-14-26(33)31(2)13-21-23(30-25(32(14)21)16-6-7-16)17-4-3-5-20-18(17)12-19(24(27)28)22(29-20)15-8-10-34-11-9-15/h3-5,12,14-16,24H,6-11,13H2,1-2H3/t14-/m0/s1. The highest BCUT2D eigenvalue weighted by Crippen LogP contribution is 2.45. The largest absolute Gasteiger partial charge is 0.381 e. The molecular weight excluding hydrogens is 438 g/mol. The minimum atomic E-state index is -2.61. The molecule has 178 valence electrons. The molecule has 1 saturated heterocycles. The normalized spacial score (nSPS) is 21.5. The van der Waals surface area contributed by atoms with Crippen LogP contribution in [0.2, 0.25) is 0 Å². The number of hydrogen-bond donors (Lipinski definition) is 0. The smallest absolute Gasteiger partial charge is 0.265 e. The average Bonchev–Trinajstić information content (AvgIpc) is 3.63. The lowest BCUT2D eigenvalue weighted by atomic mass is 9.91. The molecule has 1 aromatic carbocycles. The second-order valence-corrected chi connectivity index (χ2v) is 9.80. The number of alkyl halides is 2. The molecule has 8 heteroatoms. The summed E-state index contributed by atoms with van der Waals surface area (Å²) >= 11 is 0. The molecule has 1 amide bonds. The molecule has 0 bridgehead atoms. The number of carbonyl (C=O) groups is 1. The molecule has 6 nitrogen and oxygen atoms in total. The van der Waals surface area contributed by atoms with E-state index in [9.17, 15) is 13.6 Å². The molecule has 0 unspecified atom stereocenters. The second kappa shape index (κ2) is 8.12. The summed E-state index contributed by atoms with van der Waals surface area (Å²) in [5.41, 5.74) is 3.74. The summed E-state index contributed by atoms with van der Waals surface area (Å²) in [7, 11) is 1.80. The molecule has 2 aliphatic heterocycles. The van der Waals surface area contributed by atoms with Crippen LogP contribution in [-0.2, 0) is 16.1 Å². The van der Waals surface area contributed by atoms with Gasteiger partial charge in [-0.05, 0) is 44.7 Å². The summed E-state index contributed by atoms with van der Waals surface area (Å²) in [4.78, 5) is 24.3. The third-order valence-electron chi connectivity index (χ3n) is 7.51. The lowest BCUT2D eigenvalue weighted by Gasteiger charge is -2.31. The number of ether oxygens (including phenoxy) is 1. The first-order valence-corrected chi connectivity index (χ1v) is 12.1. The maximum absolute atomic E-state index is 14.2. The highest BCUT2D eigenvalue weighted by atomic mass is 19.3. The molecule has 2 aromatic heterocycles. The zero-order valence-corrected chi connectivity index (χ0v) is 19.4. The summed E-state index contributed by atoms with van der Waals surface area (Å²) < 4.78 is 36.0. The lowest BCUT2D eigenvalue weighted by molar-refractivity contribution is -0.135. The predicted molar refractivity (Wildman–Crippen MR) is 124 cm³/mol. The number of benzene rings is 1. The Balaban J connectivity index is 1.55. The zero-order chi connectivity index (χ0) is 23.6. The van der Waals surface area contributed by atoms with Gasteiger partial charge in [-0.2, -0.15) is 0 Å². The summed E-state index contributed by atoms with van der Waals surface area (Å²) in [6, 6.07) is 7.05. The van der Waals surface area contributed by atoms with E-state index in [2.05, 4.69) is 4.57 Å². The van der Waals surface area contributed by atoms with Gasteiger partial charge >= 0.3 is 0 Å². The molecule has 3 aromatic rings. The SMILES string of the molecule is C[C@H]1C(=O)N(C)Cc2c(-c3cccc4nc(C5CCOCC5)c(C(F)F)cc34)nc(C3CC3)n21. The number of halogens is 2. The molecular formula is C26H28F2N4O2. The van der Waals surface area contributed by atoms with Crippen LogP contribution >= 0.6 is 0 Å². The summed E-state index contributed by atoms with van der Waals surface area (Å²) in [6.07, 6.45) is 0.927. The van der Waals surface area contributed by atoms with Gasteiger partial charge in [0.05, 0.1) is 29.1 Å². The quantitative estimate of drug-likeness (QED) is 0.521. The topological polar surface area (TPSA) is 60.3 Å². The van der Waals surface area contributed by atoms with E-state index in [-0.39, 0.29) is 23.4 Å². The van der Waals surface area contributed by atoms with Gasteiger partial charge in [0.1, 0.15) is 11.9 Å². The summed E-state index contributed by atoms with van der Waals surface area (Å²) in [5.74, 6) is 1.35. The molecule has 1 saturated carbocycles. The van der Waals surface area contributed by atoms with Crippen LogP contribution in [0.25, 0.3) is 22.2 Å². The van der Waals surface area contributed by atoms with Gasteiger partial charge in [-0.25, -0.2) is 13.8 Å². The van der Waals surface area contributed by atoms with Crippen molar-refractivity contribution >= 4 is 16.8 Å². The zero-order valence-electron chi connectivity index (χ0n) is 19.4. The van der Waals surface area contributed by atoms with Crippen molar-refractivity contribution in [3.8, 4) is 11.3 Å².